The molecule has 18 heteroatoms. The van der Waals surface area contributed by atoms with Crippen molar-refractivity contribution in [3.05, 3.63) is 89.0 Å². The summed E-state index contributed by atoms with van der Waals surface area (Å²) in [6, 6.07) is 18.7. The Morgan fingerprint density at radius 2 is 1.32 bits per heavy atom. The van der Waals surface area contributed by atoms with Gasteiger partial charge in [0.25, 0.3) is 0 Å². The molecule has 0 saturated carbocycles. The summed E-state index contributed by atoms with van der Waals surface area (Å²) in [5.41, 5.74) is 5.46. The summed E-state index contributed by atoms with van der Waals surface area (Å²) >= 11 is 0. The number of nitrogens with one attached hydrogen (secondary N) is 3. The van der Waals surface area contributed by atoms with E-state index >= 15 is 0 Å². The van der Waals surface area contributed by atoms with E-state index < -0.39 is 92.7 Å². The number of esters is 4. The first-order valence-electron chi connectivity index (χ1n) is 22.7. The van der Waals surface area contributed by atoms with E-state index in [0.717, 1.165) is 50.1 Å². The molecular formula is C51H63N3O14Si. The van der Waals surface area contributed by atoms with Crippen molar-refractivity contribution in [2.75, 3.05) is 19.0 Å². The smallest absolute Gasteiger partial charge is 0.407 e. The van der Waals surface area contributed by atoms with Crippen LogP contribution < -0.4 is 16.0 Å². The highest BCUT2D eigenvalue weighted by atomic mass is 28.4. The summed E-state index contributed by atoms with van der Waals surface area (Å²) < 4.78 is 39.6. The van der Waals surface area contributed by atoms with Gasteiger partial charge in [0.2, 0.25) is 11.8 Å². The zero-order valence-electron chi connectivity index (χ0n) is 41.2. The molecule has 69 heavy (non-hydrogen) atoms. The Hall–Kier alpha value is -6.55. The molecule has 3 aromatic rings. The lowest BCUT2D eigenvalue weighted by Gasteiger charge is -2.42. The molecule has 0 radical (unpaired) electrons. The van der Waals surface area contributed by atoms with Crippen LogP contribution in [0.1, 0.15) is 90.5 Å². The number of alkyl carbamates (subject to hydrolysis) is 1. The summed E-state index contributed by atoms with van der Waals surface area (Å²) in [5.74, 6) is 0.700. The molecular weight excluding hydrogens is 907 g/mol. The van der Waals surface area contributed by atoms with E-state index in [2.05, 4.69) is 61.7 Å². The minimum atomic E-state index is -2.32. The zero-order valence-corrected chi connectivity index (χ0v) is 42.2. The molecule has 1 aliphatic carbocycles. The van der Waals surface area contributed by atoms with E-state index in [4.69, 9.17) is 32.8 Å². The first-order chi connectivity index (χ1) is 32.4. The molecule has 1 heterocycles. The van der Waals surface area contributed by atoms with Crippen molar-refractivity contribution < 1.29 is 66.4 Å². The number of carbonyl (C=O) groups excluding carboxylic acids is 7. The lowest BCUT2D eigenvalue weighted by Crippen LogP contribution is -2.63. The van der Waals surface area contributed by atoms with Crippen LogP contribution in [0.15, 0.2) is 66.7 Å². The molecule has 0 unspecified atom stereocenters. The van der Waals surface area contributed by atoms with E-state index in [1.807, 2.05) is 48.5 Å². The fourth-order valence-electron chi connectivity index (χ4n) is 7.67. The van der Waals surface area contributed by atoms with E-state index in [1.165, 1.54) is 6.92 Å². The summed E-state index contributed by atoms with van der Waals surface area (Å²) in [5, 5.41) is 8.04. The molecule has 2 aliphatic rings. The standard InChI is InChI=1S/C51H63N3O14Si/c1-28(2)42(54-50(61)63-27-40-38-19-15-13-17-36(38)37-18-14-16-20-39(37)40)48(59)52-29(3)47(58)53-35-23-21-34(26-64-69(11,12)51(7,8)9)33(25-35)22-24-41-43(65-30(4)55)44(66-31(5)56)45(67-32(6)57)46(68-41)49(60)62-10/h13-21,23,25,28-29,40-46H,26-27H2,1-12H3,(H,52,59)(H,53,58)(H,54,61)/t29-,41-,42-,43-,44+,45-,46-/m0/s1. The van der Waals surface area contributed by atoms with Crippen LogP contribution in [0.4, 0.5) is 10.5 Å². The molecule has 370 valence electrons. The molecule has 7 atom stereocenters. The van der Waals surface area contributed by atoms with Gasteiger partial charge in [-0.25, -0.2) is 9.59 Å². The number of methoxy groups -OCH3 is 1. The number of amides is 3. The SMILES string of the molecule is COC(=O)[C@H]1O[C@@H](C#Cc2cc(NC(=O)[C@H](C)NC(=O)[C@@H](NC(=O)OCC3c4ccccc4-c4ccccc43)C(C)C)ccc2CO[Si](C)(C)C(C)(C)C)[C@H](OC(C)=O)[C@@H](OC(C)=O)[C@@H]1OC(C)=O. The minimum Gasteiger partial charge on any atom is -0.467 e. The van der Waals surface area contributed by atoms with E-state index in [9.17, 15) is 33.6 Å². The maximum atomic E-state index is 13.7. The normalized spacial score (nSPS) is 19.5. The first-order valence-corrected chi connectivity index (χ1v) is 25.6. The number of carbonyl (C=O) groups is 7. The van der Waals surface area contributed by atoms with Gasteiger partial charge in [0.05, 0.1) is 13.7 Å². The van der Waals surface area contributed by atoms with E-state index in [0.29, 0.717) is 11.1 Å². The van der Waals surface area contributed by atoms with Gasteiger partial charge in [-0.05, 0) is 70.9 Å². The molecule has 3 amide bonds. The van der Waals surface area contributed by atoms with Crippen molar-refractivity contribution in [2.24, 2.45) is 5.92 Å². The number of benzene rings is 3. The molecule has 0 aromatic heterocycles. The maximum absolute atomic E-state index is 13.7. The van der Waals surface area contributed by atoms with Crippen LogP contribution in [0.3, 0.4) is 0 Å². The van der Waals surface area contributed by atoms with Gasteiger partial charge in [-0.1, -0.05) is 101 Å². The zero-order chi connectivity index (χ0) is 51.0. The van der Waals surface area contributed by atoms with Crippen LogP contribution in [0.5, 0.6) is 0 Å². The average molecular weight is 970 g/mol. The first kappa shape index (κ1) is 53.4. The van der Waals surface area contributed by atoms with Gasteiger partial charge in [0.1, 0.15) is 18.7 Å². The molecule has 1 aliphatic heterocycles. The fourth-order valence-corrected chi connectivity index (χ4v) is 8.62. The van der Waals surface area contributed by atoms with E-state index in [1.54, 1.807) is 32.0 Å². The molecule has 1 saturated heterocycles. The molecule has 5 rings (SSSR count). The van der Waals surface area contributed by atoms with Gasteiger partial charge in [-0.3, -0.25) is 24.0 Å². The Kier molecular flexibility index (Phi) is 17.6. The molecule has 0 spiro atoms. The Morgan fingerprint density at radius 1 is 0.754 bits per heavy atom. The minimum absolute atomic E-state index is 0.0541. The van der Waals surface area contributed by atoms with Crippen LogP contribution in [-0.4, -0.2) is 106 Å². The monoisotopic (exact) mass is 969 g/mol. The summed E-state index contributed by atoms with van der Waals surface area (Å²) in [6.45, 7) is 18.9. The third-order valence-electron chi connectivity index (χ3n) is 12.3. The third kappa shape index (κ3) is 13.4. The van der Waals surface area contributed by atoms with Crippen LogP contribution in [-0.2, 0) is 68.2 Å². The van der Waals surface area contributed by atoms with E-state index in [-0.39, 0.29) is 35.8 Å². The Balaban J connectivity index is 1.36. The lowest BCUT2D eigenvalue weighted by molar-refractivity contribution is -0.239. The van der Waals surface area contributed by atoms with Crippen LogP contribution in [0.2, 0.25) is 18.1 Å². The number of rotatable bonds is 15. The molecule has 3 aromatic carbocycles. The highest BCUT2D eigenvalue weighted by molar-refractivity contribution is 6.74. The van der Waals surface area contributed by atoms with Gasteiger partial charge in [-0.2, -0.15) is 0 Å². The Morgan fingerprint density at radius 3 is 1.87 bits per heavy atom. The topological polar surface area (TPSA) is 220 Å². The second kappa shape index (κ2) is 22.7. The van der Waals surface area contributed by atoms with Crippen LogP contribution in [0.25, 0.3) is 11.1 Å². The largest absolute Gasteiger partial charge is 0.467 e. The predicted octanol–water partition coefficient (Wildman–Crippen LogP) is 6.30. The Bertz CT molecular complexity index is 2440. The molecule has 3 N–H and O–H groups in total. The average Bonchev–Trinajstić information content (AvgIpc) is 3.59. The second-order valence-electron chi connectivity index (χ2n) is 18.8. The van der Waals surface area contributed by atoms with Gasteiger partial charge in [-0.15, -0.1) is 0 Å². The summed E-state index contributed by atoms with van der Waals surface area (Å²) in [7, 11) is -1.23. The highest BCUT2D eigenvalue weighted by Crippen LogP contribution is 2.44. The van der Waals surface area contributed by atoms with Gasteiger partial charge >= 0.3 is 30.0 Å². The Labute approximate surface area is 404 Å². The van der Waals surface area contributed by atoms with Crippen LogP contribution in [0, 0.1) is 17.8 Å². The lowest BCUT2D eigenvalue weighted by atomic mass is 9.93. The van der Waals surface area contributed by atoms with Crippen molar-refractivity contribution in [3.8, 4) is 23.0 Å². The number of fused-ring (bicyclic) bond motifs is 3. The van der Waals surface area contributed by atoms with Gasteiger partial charge in [0, 0.05) is 37.9 Å². The summed E-state index contributed by atoms with van der Waals surface area (Å²) in [4.78, 5) is 90.6. The quantitative estimate of drug-likeness (QED) is 0.0659. The maximum Gasteiger partial charge on any atom is 0.407 e. The fraction of sp³-hybridized carbons (Fsp3) is 0.471. The van der Waals surface area contributed by atoms with Crippen molar-refractivity contribution >= 4 is 55.8 Å². The molecule has 0 bridgehead atoms. The van der Waals surface area contributed by atoms with Crippen LogP contribution >= 0.6 is 0 Å². The summed E-state index contributed by atoms with van der Waals surface area (Å²) in [6.07, 6.45) is -8.48. The van der Waals surface area contributed by atoms with Crippen molar-refractivity contribution in [1.29, 1.82) is 0 Å². The number of hydrogen-bond acceptors (Lipinski definition) is 14. The number of hydrogen-bond donors (Lipinski definition) is 3. The molecule has 17 nitrogen and oxygen atoms in total. The van der Waals surface area contributed by atoms with Crippen molar-refractivity contribution in [3.63, 3.8) is 0 Å². The number of anilines is 1. The van der Waals surface area contributed by atoms with Gasteiger partial charge in [0.15, 0.2) is 38.8 Å². The van der Waals surface area contributed by atoms with Gasteiger partial charge < -0.3 is 48.8 Å². The van der Waals surface area contributed by atoms with Crippen molar-refractivity contribution in [1.82, 2.24) is 10.6 Å². The second-order valence-corrected chi connectivity index (χ2v) is 23.6. The number of ether oxygens (including phenoxy) is 6. The highest BCUT2D eigenvalue weighted by Gasteiger charge is 2.54. The van der Waals surface area contributed by atoms with Crippen molar-refractivity contribution in [2.45, 2.75) is 136 Å². The molecule has 1 fully saturated rings. The predicted molar refractivity (Wildman–Crippen MR) is 256 cm³/mol. The third-order valence-corrected chi connectivity index (χ3v) is 16.8.